The van der Waals surface area contributed by atoms with Gasteiger partial charge in [0.05, 0.1) is 16.7 Å². The third-order valence-corrected chi connectivity index (χ3v) is 4.19. The van der Waals surface area contributed by atoms with Crippen LogP contribution in [0.15, 0.2) is 54.6 Å². The van der Waals surface area contributed by atoms with Crippen LogP contribution in [0.4, 0.5) is 13.2 Å². The van der Waals surface area contributed by atoms with Gasteiger partial charge in [0.1, 0.15) is 17.5 Å². The third kappa shape index (κ3) is 8.48. The molecule has 0 unspecified atom stereocenters. The van der Waals surface area contributed by atoms with Crippen molar-refractivity contribution in [3.63, 3.8) is 0 Å². The number of carbonyl (C=O) groups is 3. The third-order valence-electron chi connectivity index (χ3n) is 4.19. The van der Waals surface area contributed by atoms with Crippen molar-refractivity contribution in [1.82, 2.24) is 0 Å². The van der Waals surface area contributed by atoms with E-state index in [4.69, 9.17) is 15.3 Å². The molecule has 0 spiro atoms. The molecule has 0 heterocycles. The van der Waals surface area contributed by atoms with Crippen LogP contribution in [-0.2, 0) is 0 Å². The summed E-state index contributed by atoms with van der Waals surface area (Å²) in [6.07, 6.45) is 0. The summed E-state index contributed by atoms with van der Waals surface area (Å²) in [4.78, 5) is 31.1. The fourth-order valence-corrected chi connectivity index (χ4v) is 2.58. The molecule has 3 rings (SSSR count). The molecule has 0 radical (unpaired) electrons. The molecule has 3 N–H and O–H groups in total. The first-order chi connectivity index (χ1) is 15.3. The lowest BCUT2D eigenvalue weighted by Gasteiger charge is -2.00. The Kier molecular flexibility index (Phi) is 9.81. The second-order valence-corrected chi connectivity index (χ2v) is 6.82. The standard InChI is InChI=1S/C9H10O2.C8H7FO2.C7H4F2O2/c1-6-3-4-8(9(10)11)7(2)5-6;1-5-4-6(9)2-3-7(5)8(10)11;8-4-1-2-5(7(10)11)6(9)3-4/h3-5H,1-2H3,(H,10,11);2-4H,1H3,(H,10,11);1-3H,(H,10,11). The molecular weight excluding hydrogens is 441 g/mol. The Hall–Kier alpha value is -4.14. The highest BCUT2D eigenvalue weighted by Gasteiger charge is 2.09. The molecule has 0 amide bonds. The van der Waals surface area contributed by atoms with E-state index in [1.165, 1.54) is 12.1 Å². The van der Waals surface area contributed by atoms with Crippen LogP contribution in [0.2, 0.25) is 0 Å². The van der Waals surface area contributed by atoms with Crippen molar-refractivity contribution in [3.8, 4) is 0 Å². The van der Waals surface area contributed by atoms with Crippen molar-refractivity contribution in [3.05, 3.63) is 105 Å². The van der Waals surface area contributed by atoms with E-state index in [9.17, 15) is 27.6 Å². The lowest BCUT2D eigenvalue weighted by atomic mass is 10.1. The van der Waals surface area contributed by atoms with Gasteiger partial charge in [-0.05, 0) is 68.3 Å². The molecule has 33 heavy (non-hydrogen) atoms. The highest BCUT2D eigenvalue weighted by atomic mass is 19.1. The molecule has 3 aromatic rings. The molecule has 9 heteroatoms. The van der Waals surface area contributed by atoms with Gasteiger partial charge in [0.15, 0.2) is 0 Å². The normalized spacial score (nSPS) is 9.64. The predicted molar refractivity (Wildman–Crippen MR) is 114 cm³/mol. The maximum atomic E-state index is 12.5. The first-order valence-electron chi connectivity index (χ1n) is 9.31. The van der Waals surface area contributed by atoms with Gasteiger partial charge in [-0.25, -0.2) is 27.6 Å². The molecule has 0 atom stereocenters. The minimum Gasteiger partial charge on any atom is -0.478 e. The second kappa shape index (κ2) is 12.0. The molecule has 0 aromatic heterocycles. The number of carboxylic acid groups (broad SMARTS) is 3. The van der Waals surface area contributed by atoms with Gasteiger partial charge in [-0.2, -0.15) is 0 Å². The van der Waals surface area contributed by atoms with Gasteiger partial charge in [0.25, 0.3) is 0 Å². The Morgan fingerprint density at radius 2 is 0.970 bits per heavy atom. The molecule has 0 aliphatic rings. The molecule has 174 valence electrons. The summed E-state index contributed by atoms with van der Waals surface area (Å²) in [6, 6.07) is 11.2. The maximum absolute atomic E-state index is 12.5. The van der Waals surface area contributed by atoms with E-state index in [-0.39, 0.29) is 5.56 Å². The van der Waals surface area contributed by atoms with Crippen molar-refractivity contribution in [2.45, 2.75) is 20.8 Å². The largest absolute Gasteiger partial charge is 0.478 e. The first kappa shape index (κ1) is 26.9. The van der Waals surface area contributed by atoms with Crippen LogP contribution in [-0.4, -0.2) is 33.2 Å². The monoisotopic (exact) mass is 462 g/mol. The van der Waals surface area contributed by atoms with Crippen LogP contribution >= 0.6 is 0 Å². The summed E-state index contributed by atoms with van der Waals surface area (Å²) in [7, 11) is 0. The Balaban J connectivity index is 0.000000247. The highest BCUT2D eigenvalue weighted by Crippen LogP contribution is 2.11. The molecule has 0 saturated heterocycles. The summed E-state index contributed by atoms with van der Waals surface area (Å²) >= 11 is 0. The summed E-state index contributed by atoms with van der Waals surface area (Å²) in [5.41, 5.74) is 2.36. The minimum atomic E-state index is -1.40. The van der Waals surface area contributed by atoms with Gasteiger partial charge in [-0.3, -0.25) is 0 Å². The number of hydrogen-bond acceptors (Lipinski definition) is 3. The van der Waals surface area contributed by atoms with Crippen molar-refractivity contribution in [1.29, 1.82) is 0 Å². The molecule has 3 aromatic carbocycles. The highest BCUT2D eigenvalue weighted by molar-refractivity contribution is 5.89. The van der Waals surface area contributed by atoms with Crippen LogP contribution in [0.3, 0.4) is 0 Å². The van der Waals surface area contributed by atoms with E-state index in [0.29, 0.717) is 17.2 Å². The SMILES string of the molecule is Cc1cc(F)ccc1C(=O)O.Cc1ccc(C(=O)O)c(C)c1.O=C(O)c1ccc(F)cc1F. The summed E-state index contributed by atoms with van der Waals surface area (Å²) in [5, 5.41) is 25.5. The maximum Gasteiger partial charge on any atom is 0.338 e. The van der Waals surface area contributed by atoms with Gasteiger partial charge >= 0.3 is 17.9 Å². The fourth-order valence-electron chi connectivity index (χ4n) is 2.58. The van der Waals surface area contributed by atoms with E-state index in [1.807, 2.05) is 13.0 Å². The van der Waals surface area contributed by atoms with E-state index in [1.54, 1.807) is 26.0 Å². The van der Waals surface area contributed by atoms with Crippen LogP contribution in [0.1, 0.15) is 47.8 Å². The number of rotatable bonds is 3. The zero-order valence-corrected chi connectivity index (χ0v) is 17.9. The number of aryl methyl sites for hydroxylation is 3. The lowest BCUT2D eigenvalue weighted by molar-refractivity contribution is 0.0682. The molecule has 0 aliphatic heterocycles. The van der Waals surface area contributed by atoms with Crippen molar-refractivity contribution in [2.24, 2.45) is 0 Å². The quantitative estimate of drug-likeness (QED) is 0.474. The van der Waals surface area contributed by atoms with Gasteiger partial charge in [-0.1, -0.05) is 17.7 Å². The topological polar surface area (TPSA) is 112 Å². The average molecular weight is 462 g/mol. The van der Waals surface area contributed by atoms with Gasteiger partial charge in [-0.15, -0.1) is 0 Å². The van der Waals surface area contributed by atoms with Crippen molar-refractivity contribution >= 4 is 17.9 Å². The predicted octanol–water partition coefficient (Wildman–Crippen LogP) is 5.50. The Bertz CT molecular complexity index is 1030. The zero-order valence-electron chi connectivity index (χ0n) is 17.9. The van der Waals surface area contributed by atoms with Gasteiger partial charge in [0, 0.05) is 6.07 Å². The molecule has 0 bridgehead atoms. The first-order valence-corrected chi connectivity index (χ1v) is 9.31. The second-order valence-electron chi connectivity index (χ2n) is 6.82. The molecule has 0 aliphatic carbocycles. The van der Waals surface area contributed by atoms with E-state index in [0.717, 1.165) is 29.3 Å². The number of benzene rings is 3. The molecule has 0 saturated carbocycles. The summed E-state index contributed by atoms with van der Waals surface area (Å²) < 4.78 is 37.1. The Labute approximate surface area is 187 Å². The van der Waals surface area contributed by atoms with Crippen LogP contribution in [0.5, 0.6) is 0 Å². The van der Waals surface area contributed by atoms with Gasteiger partial charge < -0.3 is 15.3 Å². The smallest absolute Gasteiger partial charge is 0.338 e. The number of aromatic carboxylic acids is 3. The average Bonchev–Trinajstić information content (AvgIpc) is 2.68. The van der Waals surface area contributed by atoms with Crippen LogP contribution < -0.4 is 0 Å². The van der Waals surface area contributed by atoms with Crippen molar-refractivity contribution in [2.75, 3.05) is 0 Å². The lowest BCUT2D eigenvalue weighted by Crippen LogP contribution is -2.00. The van der Waals surface area contributed by atoms with E-state index in [2.05, 4.69) is 0 Å². The summed E-state index contributed by atoms with van der Waals surface area (Å²) in [6.45, 7) is 5.31. The molecular formula is C24H21F3O6. The Morgan fingerprint density at radius 3 is 1.36 bits per heavy atom. The van der Waals surface area contributed by atoms with E-state index < -0.39 is 40.9 Å². The van der Waals surface area contributed by atoms with E-state index >= 15 is 0 Å². The zero-order chi connectivity index (χ0) is 25.3. The summed E-state index contributed by atoms with van der Waals surface area (Å²) in [5.74, 6) is -5.54. The van der Waals surface area contributed by atoms with Crippen LogP contribution in [0, 0.1) is 38.2 Å². The number of hydrogen-bond donors (Lipinski definition) is 3. The fraction of sp³-hybridized carbons (Fsp3) is 0.125. The van der Waals surface area contributed by atoms with Crippen LogP contribution in [0.25, 0.3) is 0 Å². The Morgan fingerprint density at radius 1 is 0.576 bits per heavy atom. The minimum absolute atomic E-state index is 0.145. The molecule has 6 nitrogen and oxygen atoms in total. The van der Waals surface area contributed by atoms with Crippen molar-refractivity contribution < 1.29 is 42.9 Å². The number of carboxylic acids is 3. The number of halogens is 3. The molecule has 0 fully saturated rings. The van der Waals surface area contributed by atoms with Gasteiger partial charge in [0.2, 0.25) is 0 Å².